The topological polar surface area (TPSA) is 87.2 Å². The number of hydrogen-bond donors (Lipinski definition) is 0. The van der Waals surface area contributed by atoms with Gasteiger partial charge in [0.1, 0.15) is 5.75 Å². The van der Waals surface area contributed by atoms with Crippen molar-refractivity contribution >= 4 is 28.0 Å². The maximum atomic E-state index is 12.8. The number of nitrogens with zero attached hydrogens (tertiary/aromatic N) is 3. The molecule has 0 aliphatic carbocycles. The fraction of sp³-hybridized carbons (Fsp3) is 0.500. The molecule has 2 aliphatic heterocycles. The number of ether oxygens (including phenoxy) is 1. The first-order chi connectivity index (χ1) is 12.0. The number of rotatable bonds is 4. The number of para-hydroxylation sites is 2. The molecule has 136 valence electrons. The van der Waals surface area contributed by atoms with Crippen LogP contribution in [0.1, 0.15) is 6.92 Å². The molecule has 3 rings (SSSR count). The summed E-state index contributed by atoms with van der Waals surface area (Å²) < 4.78 is 31.9. The van der Waals surface area contributed by atoms with Gasteiger partial charge < -0.3 is 14.5 Å². The van der Waals surface area contributed by atoms with Gasteiger partial charge in [-0.15, -0.1) is 0 Å². The van der Waals surface area contributed by atoms with E-state index in [0.29, 0.717) is 37.6 Å². The van der Waals surface area contributed by atoms with Crippen LogP contribution in [0.25, 0.3) is 0 Å². The molecule has 0 spiro atoms. The van der Waals surface area contributed by atoms with E-state index in [4.69, 9.17) is 4.74 Å². The van der Waals surface area contributed by atoms with E-state index in [-0.39, 0.29) is 18.2 Å². The summed E-state index contributed by atoms with van der Waals surface area (Å²) in [5.74, 6) is 0.0762. The fourth-order valence-electron chi connectivity index (χ4n) is 3.00. The van der Waals surface area contributed by atoms with Gasteiger partial charge >= 0.3 is 0 Å². The summed E-state index contributed by atoms with van der Waals surface area (Å²) in [7, 11) is -3.52. The number of piperazine rings is 1. The molecule has 2 aliphatic rings. The van der Waals surface area contributed by atoms with Gasteiger partial charge in [-0.05, 0) is 19.1 Å². The molecule has 1 saturated heterocycles. The highest BCUT2D eigenvalue weighted by Gasteiger charge is 2.38. The maximum Gasteiger partial charge on any atom is 0.265 e. The van der Waals surface area contributed by atoms with E-state index in [0.717, 1.165) is 6.41 Å². The maximum absolute atomic E-state index is 12.8. The second-order valence-electron chi connectivity index (χ2n) is 5.97. The van der Waals surface area contributed by atoms with Crippen LogP contribution in [0.3, 0.4) is 0 Å². The van der Waals surface area contributed by atoms with E-state index in [2.05, 4.69) is 0 Å². The number of anilines is 1. The lowest BCUT2D eigenvalue weighted by Gasteiger charge is -2.38. The average Bonchev–Trinajstić information content (AvgIpc) is 2.66. The Balaban J connectivity index is 1.82. The summed E-state index contributed by atoms with van der Waals surface area (Å²) in [5.41, 5.74) is 0.458. The Labute approximate surface area is 147 Å². The normalized spacial score (nSPS) is 20.7. The fourth-order valence-corrected chi connectivity index (χ4v) is 4.13. The van der Waals surface area contributed by atoms with Gasteiger partial charge in [-0.1, -0.05) is 12.1 Å². The molecule has 0 bridgehead atoms. The SMILES string of the molecule is CCS(=O)(=O)N1C[C@@H](C(=O)N2CCN(C=O)CC2)Oc2ccccc21. The van der Waals surface area contributed by atoms with Crippen LogP contribution in [-0.2, 0) is 19.6 Å². The number of amides is 2. The van der Waals surface area contributed by atoms with Crippen molar-refractivity contribution in [3.63, 3.8) is 0 Å². The zero-order chi connectivity index (χ0) is 18.0. The van der Waals surface area contributed by atoms with E-state index in [1.165, 1.54) is 4.31 Å². The molecular formula is C16H21N3O5S. The van der Waals surface area contributed by atoms with Crippen molar-refractivity contribution in [2.75, 3.05) is 42.8 Å². The van der Waals surface area contributed by atoms with E-state index in [1.54, 1.807) is 41.0 Å². The summed E-state index contributed by atoms with van der Waals surface area (Å²) in [6.07, 6.45) is -0.121. The molecule has 0 radical (unpaired) electrons. The molecule has 1 aromatic rings. The van der Waals surface area contributed by atoms with Gasteiger partial charge in [-0.2, -0.15) is 0 Å². The van der Waals surface area contributed by atoms with Crippen LogP contribution in [0, 0.1) is 0 Å². The Kier molecular flexibility index (Phi) is 4.85. The van der Waals surface area contributed by atoms with Gasteiger partial charge in [-0.3, -0.25) is 13.9 Å². The average molecular weight is 367 g/mol. The van der Waals surface area contributed by atoms with Crippen LogP contribution in [0.4, 0.5) is 5.69 Å². The molecule has 0 saturated carbocycles. The highest BCUT2D eigenvalue weighted by atomic mass is 32.2. The lowest BCUT2D eigenvalue weighted by atomic mass is 10.2. The van der Waals surface area contributed by atoms with Gasteiger partial charge in [0.2, 0.25) is 16.4 Å². The molecule has 1 fully saturated rings. The molecule has 0 aromatic heterocycles. The van der Waals surface area contributed by atoms with Gasteiger partial charge in [0.25, 0.3) is 5.91 Å². The molecule has 0 N–H and O–H groups in total. The first-order valence-electron chi connectivity index (χ1n) is 8.20. The monoisotopic (exact) mass is 367 g/mol. The van der Waals surface area contributed by atoms with Crippen LogP contribution in [0.5, 0.6) is 5.75 Å². The van der Waals surface area contributed by atoms with Crippen molar-refractivity contribution < 1.29 is 22.7 Å². The van der Waals surface area contributed by atoms with Crippen LogP contribution < -0.4 is 9.04 Å². The number of benzene rings is 1. The Morgan fingerprint density at radius 3 is 2.56 bits per heavy atom. The van der Waals surface area contributed by atoms with Gasteiger partial charge in [0.05, 0.1) is 18.0 Å². The largest absolute Gasteiger partial charge is 0.476 e. The van der Waals surface area contributed by atoms with Crippen molar-refractivity contribution in [2.45, 2.75) is 13.0 Å². The number of carbonyl (C=O) groups excluding carboxylic acids is 2. The van der Waals surface area contributed by atoms with E-state index in [1.807, 2.05) is 0 Å². The van der Waals surface area contributed by atoms with E-state index < -0.39 is 16.1 Å². The van der Waals surface area contributed by atoms with Gasteiger partial charge in [-0.25, -0.2) is 8.42 Å². The molecule has 25 heavy (non-hydrogen) atoms. The minimum absolute atomic E-state index is 0.0418. The molecule has 0 unspecified atom stereocenters. The number of sulfonamides is 1. The highest BCUT2D eigenvalue weighted by molar-refractivity contribution is 7.92. The number of carbonyl (C=O) groups is 2. The van der Waals surface area contributed by atoms with Crippen molar-refractivity contribution in [1.82, 2.24) is 9.80 Å². The van der Waals surface area contributed by atoms with Crippen LogP contribution in [0.2, 0.25) is 0 Å². The predicted molar refractivity (Wildman–Crippen MR) is 91.9 cm³/mol. The smallest absolute Gasteiger partial charge is 0.265 e. The third-order valence-corrected chi connectivity index (χ3v) is 6.23. The quantitative estimate of drug-likeness (QED) is 0.694. The van der Waals surface area contributed by atoms with Crippen molar-refractivity contribution in [3.05, 3.63) is 24.3 Å². The van der Waals surface area contributed by atoms with Gasteiger partial charge in [0.15, 0.2) is 6.10 Å². The predicted octanol–water partition coefficient (Wildman–Crippen LogP) is -0.0957. The molecule has 1 aromatic carbocycles. The number of fused-ring (bicyclic) bond motifs is 1. The Hall–Kier alpha value is -2.29. The van der Waals surface area contributed by atoms with Crippen LogP contribution in [-0.4, -0.2) is 75.1 Å². The van der Waals surface area contributed by atoms with Crippen LogP contribution in [0.15, 0.2) is 24.3 Å². The van der Waals surface area contributed by atoms with Crippen molar-refractivity contribution in [2.24, 2.45) is 0 Å². The molecule has 1 atom stereocenters. The van der Waals surface area contributed by atoms with Gasteiger partial charge in [0, 0.05) is 26.2 Å². The lowest BCUT2D eigenvalue weighted by molar-refractivity contribution is -0.141. The third-order valence-electron chi connectivity index (χ3n) is 4.49. The molecular weight excluding hydrogens is 346 g/mol. The summed E-state index contributed by atoms with van der Waals surface area (Å²) in [6, 6.07) is 6.82. The van der Waals surface area contributed by atoms with Crippen molar-refractivity contribution in [3.8, 4) is 5.75 Å². The zero-order valence-corrected chi connectivity index (χ0v) is 14.8. The third kappa shape index (κ3) is 3.41. The minimum Gasteiger partial charge on any atom is -0.476 e. The summed E-state index contributed by atoms with van der Waals surface area (Å²) in [5, 5.41) is 0. The molecule has 8 nitrogen and oxygen atoms in total. The Morgan fingerprint density at radius 1 is 1.24 bits per heavy atom. The molecule has 2 heterocycles. The standard InChI is InChI=1S/C16H21N3O5S/c1-2-25(22,23)19-11-15(24-14-6-4-3-5-13(14)19)16(21)18-9-7-17(12-20)8-10-18/h3-6,12,15H,2,7-11H2,1H3/t15-/m0/s1. The molecule has 2 amide bonds. The minimum atomic E-state index is -3.52. The number of hydrogen-bond acceptors (Lipinski definition) is 5. The Bertz CT molecular complexity index is 759. The molecule has 9 heteroatoms. The zero-order valence-electron chi connectivity index (χ0n) is 14.0. The summed E-state index contributed by atoms with van der Waals surface area (Å²) >= 11 is 0. The van der Waals surface area contributed by atoms with E-state index in [9.17, 15) is 18.0 Å². The van der Waals surface area contributed by atoms with Crippen molar-refractivity contribution in [1.29, 1.82) is 0 Å². The second kappa shape index (κ2) is 6.91. The summed E-state index contributed by atoms with van der Waals surface area (Å²) in [6.45, 7) is 3.30. The first-order valence-corrected chi connectivity index (χ1v) is 9.81. The van der Waals surface area contributed by atoms with Crippen LogP contribution >= 0.6 is 0 Å². The Morgan fingerprint density at radius 2 is 1.92 bits per heavy atom. The lowest BCUT2D eigenvalue weighted by Crippen LogP contribution is -2.56. The van der Waals surface area contributed by atoms with E-state index >= 15 is 0 Å². The first kappa shape index (κ1) is 17.5. The second-order valence-corrected chi connectivity index (χ2v) is 8.15. The highest BCUT2D eigenvalue weighted by Crippen LogP contribution is 2.35. The summed E-state index contributed by atoms with van der Waals surface area (Å²) in [4.78, 5) is 26.8.